The highest BCUT2D eigenvalue weighted by atomic mass is 32.1. The SMILES string of the molecule is CCC(NC(CC)C1CC1)c1nccs1. The number of aromatic nitrogens is 1. The van der Waals surface area contributed by atoms with Crippen LogP contribution in [0.25, 0.3) is 0 Å². The standard InChI is InChI=1S/C12H20N2S/c1-3-10(9-5-6-9)14-11(4-2)12-13-7-8-15-12/h7-11,14H,3-6H2,1-2H3. The van der Waals surface area contributed by atoms with Gasteiger partial charge in [0.1, 0.15) is 5.01 Å². The zero-order chi connectivity index (χ0) is 10.7. The Morgan fingerprint density at radius 1 is 1.47 bits per heavy atom. The highest BCUT2D eigenvalue weighted by Gasteiger charge is 2.31. The number of thiazole rings is 1. The van der Waals surface area contributed by atoms with Crippen LogP contribution in [0, 0.1) is 5.92 Å². The van der Waals surface area contributed by atoms with Crippen molar-refractivity contribution in [2.75, 3.05) is 0 Å². The fraction of sp³-hybridized carbons (Fsp3) is 0.750. The molecule has 0 radical (unpaired) electrons. The molecule has 0 aliphatic heterocycles. The van der Waals surface area contributed by atoms with E-state index in [1.165, 1.54) is 24.3 Å². The third kappa shape index (κ3) is 2.79. The lowest BCUT2D eigenvalue weighted by molar-refractivity contribution is 0.382. The van der Waals surface area contributed by atoms with Crippen LogP contribution in [0.15, 0.2) is 11.6 Å². The topological polar surface area (TPSA) is 24.9 Å². The molecule has 0 saturated heterocycles. The first-order valence-electron chi connectivity index (χ1n) is 6.00. The lowest BCUT2D eigenvalue weighted by Crippen LogP contribution is -2.33. The fourth-order valence-corrected chi connectivity index (χ4v) is 2.90. The van der Waals surface area contributed by atoms with Crippen LogP contribution in [-0.4, -0.2) is 11.0 Å². The second-order valence-corrected chi connectivity index (χ2v) is 5.28. The molecule has 1 heterocycles. The van der Waals surface area contributed by atoms with Crippen molar-refractivity contribution >= 4 is 11.3 Å². The lowest BCUT2D eigenvalue weighted by atomic mass is 10.1. The molecule has 1 N–H and O–H groups in total. The van der Waals surface area contributed by atoms with Gasteiger partial charge in [0, 0.05) is 17.6 Å². The molecule has 1 aliphatic rings. The molecular formula is C12H20N2S. The van der Waals surface area contributed by atoms with Crippen molar-refractivity contribution in [3.05, 3.63) is 16.6 Å². The van der Waals surface area contributed by atoms with Gasteiger partial charge in [-0.1, -0.05) is 13.8 Å². The molecule has 0 spiro atoms. The fourth-order valence-electron chi connectivity index (χ4n) is 2.11. The van der Waals surface area contributed by atoms with Crippen LogP contribution >= 0.6 is 11.3 Å². The summed E-state index contributed by atoms with van der Waals surface area (Å²) in [5.41, 5.74) is 0. The van der Waals surface area contributed by atoms with Gasteiger partial charge in [0.25, 0.3) is 0 Å². The van der Waals surface area contributed by atoms with E-state index in [0.717, 1.165) is 12.3 Å². The minimum absolute atomic E-state index is 0.468. The van der Waals surface area contributed by atoms with E-state index in [2.05, 4.69) is 29.5 Å². The minimum Gasteiger partial charge on any atom is -0.305 e. The van der Waals surface area contributed by atoms with Gasteiger partial charge in [0.2, 0.25) is 0 Å². The quantitative estimate of drug-likeness (QED) is 0.801. The number of rotatable bonds is 6. The van der Waals surface area contributed by atoms with Crippen LogP contribution in [0.2, 0.25) is 0 Å². The van der Waals surface area contributed by atoms with E-state index in [1.807, 2.05) is 6.20 Å². The summed E-state index contributed by atoms with van der Waals surface area (Å²) in [5, 5.41) is 7.08. The summed E-state index contributed by atoms with van der Waals surface area (Å²) < 4.78 is 0. The van der Waals surface area contributed by atoms with E-state index in [9.17, 15) is 0 Å². The van der Waals surface area contributed by atoms with Crippen LogP contribution in [0.3, 0.4) is 0 Å². The van der Waals surface area contributed by atoms with Gasteiger partial charge in [-0.15, -0.1) is 11.3 Å². The Morgan fingerprint density at radius 2 is 2.27 bits per heavy atom. The maximum Gasteiger partial charge on any atom is 0.109 e. The molecular weight excluding hydrogens is 204 g/mol. The van der Waals surface area contributed by atoms with Gasteiger partial charge in [0.05, 0.1) is 6.04 Å². The maximum absolute atomic E-state index is 4.41. The molecule has 3 heteroatoms. The lowest BCUT2D eigenvalue weighted by Gasteiger charge is -2.22. The van der Waals surface area contributed by atoms with Crippen LogP contribution in [-0.2, 0) is 0 Å². The monoisotopic (exact) mass is 224 g/mol. The zero-order valence-corrected chi connectivity index (χ0v) is 10.4. The summed E-state index contributed by atoms with van der Waals surface area (Å²) >= 11 is 1.77. The second kappa shape index (κ2) is 5.08. The Labute approximate surface area is 96.1 Å². The Morgan fingerprint density at radius 3 is 2.73 bits per heavy atom. The van der Waals surface area contributed by atoms with Crippen molar-refractivity contribution in [1.29, 1.82) is 0 Å². The molecule has 0 aromatic carbocycles. The summed E-state index contributed by atoms with van der Waals surface area (Å²) in [4.78, 5) is 4.41. The molecule has 0 bridgehead atoms. The first-order chi connectivity index (χ1) is 7.35. The number of hydrogen-bond donors (Lipinski definition) is 1. The first kappa shape index (κ1) is 11.1. The van der Waals surface area contributed by atoms with E-state index in [1.54, 1.807) is 11.3 Å². The van der Waals surface area contributed by atoms with Crippen molar-refractivity contribution in [2.24, 2.45) is 5.92 Å². The molecule has 1 aromatic rings. The summed E-state index contributed by atoms with van der Waals surface area (Å²) in [6.07, 6.45) is 7.12. The number of nitrogens with zero attached hydrogens (tertiary/aromatic N) is 1. The molecule has 1 aliphatic carbocycles. The van der Waals surface area contributed by atoms with Crippen molar-refractivity contribution in [2.45, 2.75) is 51.6 Å². The predicted molar refractivity (Wildman–Crippen MR) is 65.1 cm³/mol. The Hall–Kier alpha value is -0.410. The number of nitrogens with one attached hydrogen (secondary N) is 1. The van der Waals surface area contributed by atoms with Gasteiger partial charge < -0.3 is 5.32 Å². The summed E-state index contributed by atoms with van der Waals surface area (Å²) in [6, 6.07) is 1.18. The van der Waals surface area contributed by atoms with E-state index in [4.69, 9.17) is 0 Å². The Balaban J connectivity index is 1.95. The number of hydrogen-bond acceptors (Lipinski definition) is 3. The van der Waals surface area contributed by atoms with Crippen LogP contribution in [0.4, 0.5) is 0 Å². The predicted octanol–water partition coefficient (Wildman–Crippen LogP) is 3.37. The van der Waals surface area contributed by atoms with Gasteiger partial charge in [0.15, 0.2) is 0 Å². The summed E-state index contributed by atoms with van der Waals surface area (Å²) in [6.45, 7) is 4.52. The molecule has 2 unspecified atom stereocenters. The second-order valence-electron chi connectivity index (χ2n) is 4.35. The van der Waals surface area contributed by atoms with Gasteiger partial charge in [-0.25, -0.2) is 4.98 Å². The molecule has 84 valence electrons. The highest BCUT2D eigenvalue weighted by molar-refractivity contribution is 7.09. The molecule has 15 heavy (non-hydrogen) atoms. The summed E-state index contributed by atoms with van der Waals surface area (Å²) in [7, 11) is 0. The zero-order valence-electron chi connectivity index (χ0n) is 9.57. The average Bonchev–Trinajstić information content (AvgIpc) is 2.95. The van der Waals surface area contributed by atoms with E-state index in [0.29, 0.717) is 12.1 Å². The molecule has 2 nitrogen and oxygen atoms in total. The normalized spacial score (nSPS) is 20.1. The summed E-state index contributed by atoms with van der Waals surface area (Å²) in [5.74, 6) is 0.934. The molecule has 2 rings (SSSR count). The van der Waals surface area contributed by atoms with Crippen LogP contribution in [0.1, 0.15) is 50.6 Å². The molecule has 0 amide bonds. The molecule has 1 fully saturated rings. The first-order valence-corrected chi connectivity index (χ1v) is 6.88. The third-order valence-electron chi connectivity index (χ3n) is 3.20. The van der Waals surface area contributed by atoms with Crippen molar-refractivity contribution < 1.29 is 0 Å². The molecule has 1 aromatic heterocycles. The van der Waals surface area contributed by atoms with Gasteiger partial charge in [-0.3, -0.25) is 0 Å². The minimum atomic E-state index is 0.468. The van der Waals surface area contributed by atoms with Crippen molar-refractivity contribution in [3.8, 4) is 0 Å². The van der Waals surface area contributed by atoms with Crippen LogP contribution in [0.5, 0.6) is 0 Å². The Bertz CT molecular complexity index is 280. The Kier molecular flexibility index (Phi) is 3.76. The van der Waals surface area contributed by atoms with Crippen LogP contribution < -0.4 is 5.32 Å². The van der Waals surface area contributed by atoms with Crippen molar-refractivity contribution in [1.82, 2.24) is 10.3 Å². The third-order valence-corrected chi connectivity index (χ3v) is 4.09. The molecule has 2 atom stereocenters. The van der Waals surface area contributed by atoms with E-state index in [-0.39, 0.29) is 0 Å². The molecule has 1 saturated carbocycles. The van der Waals surface area contributed by atoms with Gasteiger partial charge in [-0.2, -0.15) is 0 Å². The largest absolute Gasteiger partial charge is 0.305 e. The maximum atomic E-state index is 4.41. The average molecular weight is 224 g/mol. The van der Waals surface area contributed by atoms with Gasteiger partial charge in [-0.05, 0) is 31.6 Å². The smallest absolute Gasteiger partial charge is 0.109 e. The van der Waals surface area contributed by atoms with E-state index >= 15 is 0 Å². The highest BCUT2D eigenvalue weighted by Crippen LogP contribution is 2.35. The van der Waals surface area contributed by atoms with Crippen molar-refractivity contribution in [3.63, 3.8) is 0 Å². The van der Waals surface area contributed by atoms with E-state index < -0.39 is 0 Å². The van der Waals surface area contributed by atoms with Gasteiger partial charge >= 0.3 is 0 Å².